The molecule has 1 rings (SSSR count). The summed E-state index contributed by atoms with van der Waals surface area (Å²) in [6.07, 6.45) is 4.59. The van der Waals surface area contributed by atoms with E-state index in [1.54, 1.807) is 0 Å². The molecule has 0 aliphatic rings. The van der Waals surface area contributed by atoms with Crippen LogP contribution in [0.4, 0.5) is 0 Å². The fraction of sp³-hybridized carbons (Fsp3) is 0.619. The van der Waals surface area contributed by atoms with Crippen molar-refractivity contribution in [3.05, 3.63) is 34.9 Å². The maximum absolute atomic E-state index is 5.36. The zero-order valence-electron chi connectivity index (χ0n) is 17.3. The molecule has 0 saturated heterocycles. The highest BCUT2D eigenvalue weighted by molar-refractivity contribution is 7.80. The molecule has 1 aromatic rings. The second-order valence-electron chi connectivity index (χ2n) is 7.16. The number of nitrogens with one attached hydrogen (secondary N) is 4. The summed E-state index contributed by atoms with van der Waals surface area (Å²) in [6, 6.07) is 6.73. The van der Waals surface area contributed by atoms with Crippen LogP contribution in [0.3, 0.4) is 0 Å². The van der Waals surface area contributed by atoms with E-state index >= 15 is 0 Å². The molecule has 0 amide bonds. The molecule has 0 bridgehead atoms. The maximum Gasteiger partial charge on any atom is 0.166 e. The molecule has 1 aromatic carbocycles. The molecule has 0 aromatic heterocycles. The van der Waals surface area contributed by atoms with Gasteiger partial charge in [-0.15, -0.1) is 0 Å². The largest absolute Gasteiger partial charge is 0.363 e. The van der Waals surface area contributed by atoms with Crippen molar-refractivity contribution in [2.75, 3.05) is 13.1 Å². The SMILES string of the molecule is CCCCNC(=S)NCc1cc(CNC(=S)NCCCC)cc(C(C)C)c1. The van der Waals surface area contributed by atoms with Crippen molar-refractivity contribution in [1.29, 1.82) is 0 Å². The normalized spacial score (nSPS) is 10.6. The van der Waals surface area contributed by atoms with E-state index in [-0.39, 0.29) is 0 Å². The minimum Gasteiger partial charge on any atom is -0.363 e. The Labute approximate surface area is 176 Å². The lowest BCUT2D eigenvalue weighted by Crippen LogP contribution is -2.35. The van der Waals surface area contributed by atoms with Crippen LogP contribution in [0, 0.1) is 0 Å². The highest BCUT2D eigenvalue weighted by atomic mass is 32.1. The highest BCUT2D eigenvalue weighted by Gasteiger charge is 2.06. The van der Waals surface area contributed by atoms with Gasteiger partial charge < -0.3 is 21.3 Å². The third-order valence-corrected chi connectivity index (χ3v) is 4.86. The number of hydrogen-bond acceptors (Lipinski definition) is 2. The second-order valence-corrected chi connectivity index (χ2v) is 7.98. The third-order valence-electron chi connectivity index (χ3n) is 4.28. The molecule has 152 valence electrons. The predicted molar refractivity (Wildman–Crippen MR) is 125 cm³/mol. The van der Waals surface area contributed by atoms with Gasteiger partial charge in [0.1, 0.15) is 0 Å². The van der Waals surface area contributed by atoms with Gasteiger partial charge in [-0.1, -0.05) is 58.7 Å². The van der Waals surface area contributed by atoms with Gasteiger partial charge in [-0.2, -0.15) is 0 Å². The van der Waals surface area contributed by atoms with Crippen molar-refractivity contribution in [3.63, 3.8) is 0 Å². The Morgan fingerprint density at radius 1 is 0.778 bits per heavy atom. The Kier molecular flexibility index (Phi) is 12.0. The molecule has 4 nitrogen and oxygen atoms in total. The molecular weight excluding hydrogens is 372 g/mol. The summed E-state index contributed by atoms with van der Waals surface area (Å²) in [4.78, 5) is 0. The van der Waals surface area contributed by atoms with Gasteiger partial charge in [0.25, 0.3) is 0 Å². The minimum atomic E-state index is 0.480. The van der Waals surface area contributed by atoms with Crippen LogP contribution in [0.15, 0.2) is 18.2 Å². The van der Waals surface area contributed by atoms with Gasteiger partial charge >= 0.3 is 0 Å². The lowest BCUT2D eigenvalue weighted by atomic mass is 9.97. The van der Waals surface area contributed by atoms with Crippen LogP contribution in [0.2, 0.25) is 0 Å². The summed E-state index contributed by atoms with van der Waals surface area (Å²) in [5.74, 6) is 0.480. The number of unbranched alkanes of at least 4 members (excludes halogenated alkanes) is 2. The molecule has 0 radical (unpaired) electrons. The van der Waals surface area contributed by atoms with Gasteiger partial charge in [0.15, 0.2) is 10.2 Å². The standard InChI is InChI=1S/C21H36N4S2/c1-5-7-9-22-20(26)24-14-17-11-18(13-19(12-17)16(3)4)15-25-21(27)23-10-8-6-2/h11-13,16H,5-10,14-15H2,1-4H3,(H2,22,24,26)(H2,23,25,27). The van der Waals surface area contributed by atoms with Crippen LogP contribution in [0.5, 0.6) is 0 Å². The topological polar surface area (TPSA) is 48.1 Å². The molecule has 0 aliphatic carbocycles. The Balaban J connectivity index is 2.62. The van der Waals surface area contributed by atoms with Crippen LogP contribution in [-0.4, -0.2) is 23.3 Å². The zero-order valence-corrected chi connectivity index (χ0v) is 18.9. The summed E-state index contributed by atoms with van der Waals surface area (Å²) in [6.45, 7) is 12.1. The van der Waals surface area contributed by atoms with Gasteiger partial charge in [0, 0.05) is 26.2 Å². The Morgan fingerprint density at radius 3 is 1.59 bits per heavy atom. The van der Waals surface area contributed by atoms with E-state index in [0.29, 0.717) is 5.92 Å². The lowest BCUT2D eigenvalue weighted by Gasteiger charge is -2.16. The van der Waals surface area contributed by atoms with Crippen molar-refractivity contribution in [2.24, 2.45) is 0 Å². The van der Waals surface area contributed by atoms with Crippen molar-refractivity contribution in [3.8, 4) is 0 Å². The molecule has 0 aliphatic heterocycles. The van der Waals surface area contributed by atoms with Gasteiger partial charge in [0.2, 0.25) is 0 Å². The van der Waals surface area contributed by atoms with Crippen molar-refractivity contribution >= 4 is 34.7 Å². The molecule has 4 N–H and O–H groups in total. The van der Waals surface area contributed by atoms with Crippen LogP contribution in [-0.2, 0) is 13.1 Å². The second kappa shape index (κ2) is 13.7. The Morgan fingerprint density at radius 2 is 1.22 bits per heavy atom. The summed E-state index contributed by atoms with van der Waals surface area (Å²) in [5, 5.41) is 14.6. The van der Waals surface area contributed by atoms with E-state index < -0.39 is 0 Å². The van der Waals surface area contributed by atoms with E-state index in [0.717, 1.165) is 62.1 Å². The third kappa shape index (κ3) is 10.5. The fourth-order valence-electron chi connectivity index (χ4n) is 2.58. The Hall–Kier alpha value is -1.40. The van der Waals surface area contributed by atoms with E-state index in [1.165, 1.54) is 16.7 Å². The number of thiocarbonyl (C=S) groups is 2. The molecule has 27 heavy (non-hydrogen) atoms. The summed E-state index contributed by atoms with van der Waals surface area (Å²) < 4.78 is 0. The van der Waals surface area contributed by atoms with Crippen molar-refractivity contribution in [1.82, 2.24) is 21.3 Å². The van der Waals surface area contributed by atoms with Gasteiger partial charge in [-0.3, -0.25) is 0 Å². The summed E-state index contributed by atoms with van der Waals surface area (Å²) in [7, 11) is 0. The molecule has 0 fully saturated rings. The average Bonchev–Trinajstić information content (AvgIpc) is 2.65. The zero-order chi connectivity index (χ0) is 20.1. The monoisotopic (exact) mass is 408 g/mol. The maximum atomic E-state index is 5.36. The first-order valence-corrected chi connectivity index (χ1v) is 10.9. The molecule has 0 spiro atoms. The van der Waals surface area contributed by atoms with Crippen LogP contribution < -0.4 is 21.3 Å². The quantitative estimate of drug-likeness (QED) is 0.323. The number of rotatable bonds is 11. The van der Waals surface area contributed by atoms with Crippen LogP contribution in [0.25, 0.3) is 0 Å². The van der Waals surface area contributed by atoms with Gasteiger partial charge in [-0.25, -0.2) is 0 Å². The molecule has 0 heterocycles. The minimum absolute atomic E-state index is 0.480. The first-order valence-electron chi connectivity index (χ1n) is 10.1. The van der Waals surface area contributed by atoms with E-state index in [9.17, 15) is 0 Å². The molecule has 0 atom stereocenters. The van der Waals surface area contributed by atoms with E-state index in [4.69, 9.17) is 24.4 Å². The van der Waals surface area contributed by atoms with Crippen molar-refractivity contribution < 1.29 is 0 Å². The first kappa shape index (κ1) is 23.6. The molecule has 0 saturated carbocycles. The van der Waals surface area contributed by atoms with Crippen LogP contribution in [0.1, 0.15) is 76.0 Å². The molecule has 0 unspecified atom stereocenters. The van der Waals surface area contributed by atoms with Crippen molar-refractivity contribution in [2.45, 2.75) is 72.4 Å². The number of hydrogen-bond donors (Lipinski definition) is 4. The van der Waals surface area contributed by atoms with E-state index in [1.807, 2.05) is 0 Å². The smallest absolute Gasteiger partial charge is 0.166 e. The van der Waals surface area contributed by atoms with E-state index in [2.05, 4.69) is 67.2 Å². The predicted octanol–water partition coefficient (Wildman–Crippen LogP) is 4.34. The first-order chi connectivity index (χ1) is 13.0. The number of benzene rings is 1. The highest BCUT2D eigenvalue weighted by Crippen LogP contribution is 2.19. The average molecular weight is 409 g/mol. The molecular formula is C21H36N4S2. The molecule has 6 heteroatoms. The van der Waals surface area contributed by atoms with Gasteiger partial charge in [0.05, 0.1) is 0 Å². The summed E-state index contributed by atoms with van der Waals surface area (Å²) in [5.41, 5.74) is 3.81. The van der Waals surface area contributed by atoms with Crippen LogP contribution >= 0.6 is 24.4 Å². The summed E-state index contributed by atoms with van der Waals surface area (Å²) >= 11 is 10.7. The van der Waals surface area contributed by atoms with Gasteiger partial charge in [-0.05, 0) is 59.9 Å². The lowest BCUT2D eigenvalue weighted by molar-refractivity contribution is 0.735. The Bertz CT molecular complexity index is 543. The fourth-order valence-corrected chi connectivity index (χ4v) is 2.92.